The molecule has 0 aliphatic heterocycles. The van der Waals surface area contributed by atoms with Crippen LogP contribution in [0.25, 0.3) is 5.69 Å². The molecule has 0 saturated carbocycles. The highest BCUT2D eigenvalue weighted by molar-refractivity contribution is 7.71. The van der Waals surface area contributed by atoms with Crippen LogP contribution in [0.5, 0.6) is 0 Å². The summed E-state index contributed by atoms with van der Waals surface area (Å²) in [5.41, 5.74) is 1.08. The van der Waals surface area contributed by atoms with Gasteiger partial charge in [-0.05, 0) is 42.9 Å². The van der Waals surface area contributed by atoms with Gasteiger partial charge in [-0.25, -0.2) is 4.79 Å². The maximum atomic E-state index is 10.8. The third-order valence-electron chi connectivity index (χ3n) is 2.59. The number of carbonyl (C=O) groups is 1. The van der Waals surface area contributed by atoms with Crippen LogP contribution in [-0.4, -0.2) is 25.8 Å². The molecule has 0 saturated heterocycles. The number of hydrogen-bond donors (Lipinski definition) is 2. The lowest BCUT2D eigenvalue weighted by Gasteiger charge is -2.06. The Morgan fingerprint density at radius 3 is 2.67 bits per heavy atom. The van der Waals surface area contributed by atoms with Gasteiger partial charge in [0.1, 0.15) is 5.82 Å². The van der Waals surface area contributed by atoms with Gasteiger partial charge in [0.05, 0.1) is 5.56 Å². The van der Waals surface area contributed by atoms with E-state index >= 15 is 0 Å². The van der Waals surface area contributed by atoms with Crippen LogP contribution in [0.4, 0.5) is 0 Å². The molecule has 1 aromatic heterocycles. The number of aromatic nitrogens is 3. The summed E-state index contributed by atoms with van der Waals surface area (Å²) in [5, 5.41) is 15.8. The third-order valence-corrected chi connectivity index (χ3v) is 2.86. The predicted molar refractivity (Wildman–Crippen MR) is 69.7 cm³/mol. The maximum absolute atomic E-state index is 10.8. The molecule has 0 spiro atoms. The molecule has 0 amide bonds. The zero-order valence-electron chi connectivity index (χ0n) is 9.88. The molecule has 94 valence electrons. The quantitative estimate of drug-likeness (QED) is 0.832. The highest BCUT2D eigenvalue weighted by atomic mass is 32.1. The van der Waals surface area contributed by atoms with Crippen LogP contribution in [0.3, 0.4) is 0 Å². The highest BCUT2D eigenvalue weighted by Crippen LogP contribution is 2.13. The molecule has 0 bridgehead atoms. The lowest BCUT2D eigenvalue weighted by atomic mass is 10.2. The molecule has 0 aliphatic carbocycles. The number of hydrogen-bond acceptors (Lipinski definition) is 3. The molecule has 5 nitrogen and oxygen atoms in total. The zero-order valence-corrected chi connectivity index (χ0v) is 10.7. The van der Waals surface area contributed by atoms with Gasteiger partial charge in [0.25, 0.3) is 0 Å². The molecule has 0 unspecified atom stereocenters. The highest BCUT2D eigenvalue weighted by Gasteiger charge is 2.08. The lowest BCUT2D eigenvalue weighted by molar-refractivity contribution is 0.0697. The van der Waals surface area contributed by atoms with Gasteiger partial charge in [-0.3, -0.25) is 9.67 Å². The number of aromatic amines is 1. The minimum atomic E-state index is -0.939. The molecule has 0 atom stereocenters. The van der Waals surface area contributed by atoms with Crippen molar-refractivity contribution in [2.45, 2.75) is 19.8 Å². The van der Waals surface area contributed by atoms with Crippen molar-refractivity contribution in [3.8, 4) is 5.69 Å². The minimum Gasteiger partial charge on any atom is -0.478 e. The zero-order chi connectivity index (χ0) is 13.1. The monoisotopic (exact) mass is 263 g/mol. The maximum Gasteiger partial charge on any atom is 0.335 e. The molecule has 2 N–H and O–H groups in total. The Balaban J connectivity index is 2.45. The first-order valence-corrected chi connectivity index (χ1v) is 6.04. The number of carboxylic acid groups (broad SMARTS) is 1. The fourth-order valence-electron chi connectivity index (χ4n) is 1.74. The van der Waals surface area contributed by atoms with E-state index < -0.39 is 5.97 Å². The molecule has 0 aliphatic rings. The van der Waals surface area contributed by atoms with E-state index in [0.717, 1.165) is 24.4 Å². The summed E-state index contributed by atoms with van der Waals surface area (Å²) in [6.07, 6.45) is 1.78. The van der Waals surface area contributed by atoms with Gasteiger partial charge < -0.3 is 5.11 Å². The van der Waals surface area contributed by atoms with E-state index in [1.165, 1.54) is 0 Å². The Hall–Kier alpha value is -1.95. The van der Waals surface area contributed by atoms with E-state index in [2.05, 4.69) is 17.1 Å². The summed E-state index contributed by atoms with van der Waals surface area (Å²) < 4.78 is 2.34. The van der Waals surface area contributed by atoms with Gasteiger partial charge in [0, 0.05) is 12.1 Å². The summed E-state index contributed by atoms with van der Waals surface area (Å²) in [4.78, 5) is 10.8. The topological polar surface area (TPSA) is 70.9 Å². The van der Waals surface area contributed by atoms with Crippen molar-refractivity contribution in [3.63, 3.8) is 0 Å². The predicted octanol–water partition coefficient (Wildman–Crippen LogP) is 2.58. The van der Waals surface area contributed by atoms with Crippen molar-refractivity contribution in [3.05, 3.63) is 40.4 Å². The second-order valence-corrected chi connectivity index (χ2v) is 4.27. The largest absolute Gasteiger partial charge is 0.478 e. The van der Waals surface area contributed by atoms with Gasteiger partial charge in [-0.1, -0.05) is 6.92 Å². The number of aryl methyl sites for hydroxylation is 1. The van der Waals surface area contributed by atoms with Gasteiger partial charge in [0.15, 0.2) is 4.77 Å². The van der Waals surface area contributed by atoms with Crippen molar-refractivity contribution in [2.75, 3.05) is 0 Å². The fourth-order valence-corrected chi connectivity index (χ4v) is 2.00. The standard InChI is InChI=1S/C12H13N3O2S/c1-2-3-10-13-14-12(18)15(10)9-6-4-8(5-7-9)11(16)17/h4-7H,2-3H2,1H3,(H,14,18)(H,16,17). The van der Waals surface area contributed by atoms with Crippen molar-refractivity contribution in [1.29, 1.82) is 0 Å². The fraction of sp³-hybridized carbons (Fsp3) is 0.250. The van der Waals surface area contributed by atoms with Gasteiger partial charge >= 0.3 is 5.97 Å². The van der Waals surface area contributed by atoms with Crippen molar-refractivity contribution >= 4 is 18.2 Å². The number of H-pyrrole nitrogens is 1. The molecule has 6 heteroatoms. The Morgan fingerprint density at radius 1 is 1.44 bits per heavy atom. The van der Waals surface area contributed by atoms with Crippen LogP contribution >= 0.6 is 12.2 Å². The van der Waals surface area contributed by atoms with Crippen LogP contribution in [0.1, 0.15) is 29.5 Å². The molecular formula is C12H13N3O2S. The smallest absolute Gasteiger partial charge is 0.335 e. The molecule has 1 heterocycles. The Bertz CT molecular complexity index is 613. The van der Waals surface area contributed by atoms with Crippen molar-refractivity contribution in [1.82, 2.24) is 14.8 Å². The Morgan fingerprint density at radius 2 is 2.11 bits per heavy atom. The number of nitrogens with one attached hydrogen (secondary N) is 1. The van der Waals surface area contributed by atoms with E-state index in [4.69, 9.17) is 17.3 Å². The van der Waals surface area contributed by atoms with E-state index in [-0.39, 0.29) is 5.56 Å². The van der Waals surface area contributed by atoms with Crippen LogP contribution < -0.4 is 0 Å². The van der Waals surface area contributed by atoms with E-state index in [9.17, 15) is 4.79 Å². The van der Waals surface area contributed by atoms with Crippen LogP contribution in [0.15, 0.2) is 24.3 Å². The summed E-state index contributed by atoms with van der Waals surface area (Å²) >= 11 is 5.18. The van der Waals surface area contributed by atoms with E-state index in [0.29, 0.717) is 4.77 Å². The first-order chi connectivity index (χ1) is 8.63. The Labute approximate surface area is 109 Å². The van der Waals surface area contributed by atoms with Crippen LogP contribution in [-0.2, 0) is 6.42 Å². The first-order valence-electron chi connectivity index (χ1n) is 5.63. The average Bonchev–Trinajstić information content (AvgIpc) is 2.71. The average molecular weight is 263 g/mol. The number of aromatic carboxylic acids is 1. The third kappa shape index (κ3) is 2.33. The summed E-state index contributed by atoms with van der Waals surface area (Å²) in [6.45, 7) is 2.07. The summed E-state index contributed by atoms with van der Waals surface area (Å²) in [7, 11) is 0. The minimum absolute atomic E-state index is 0.255. The Kier molecular flexibility index (Phi) is 3.57. The molecule has 18 heavy (non-hydrogen) atoms. The van der Waals surface area contributed by atoms with Gasteiger partial charge in [-0.15, -0.1) is 0 Å². The summed E-state index contributed by atoms with van der Waals surface area (Å²) in [5.74, 6) is -0.0864. The number of rotatable bonds is 4. The normalized spacial score (nSPS) is 10.5. The second-order valence-electron chi connectivity index (χ2n) is 3.88. The molecule has 0 radical (unpaired) electrons. The van der Waals surface area contributed by atoms with Gasteiger partial charge in [0.2, 0.25) is 0 Å². The number of nitrogens with zero attached hydrogens (tertiary/aromatic N) is 2. The second kappa shape index (κ2) is 5.14. The van der Waals surface area contributed by atoms with E-state index in [1.54, 1.807) is 24.3 Å². The van der Waals surface area contributed by atoms with Crippen molar-refractivity contribution in [2.24, 2.45) is 0 Å². The lowest BCUT2D eigenvalue weighted by Crippen LogP contribution is -2.02. The first kappa shape index (κ1) is 12.5. The van der Waals surface area contributed by atoms with E-state index in [1.807, 2.05) is 4.57 Å². The summed E-state index contributed by atoms with van der Waals surface area (Å²) in [6, 6.07) is 6.58. The molecule has 0 fully saturated rings. The van der Waals surface area contributed by atoms with Crippen LogP contribution in [0.2, 0.25) is 0 Å². The van der Waals surface area contributed by atoms with Gasteiger partial charge in [-0.2, -0.15) is 5.10 Å². The number of carboxylic acids is 1. The molecular weight excluding hydrogens is 250 g/mol. The molecule has 2 rings (SSSR count). The SMILES string of the molecule is CCCc1n[nH]c(=S)n1-c1ccc(C(=O)O)cc1. The van der Waals surface area contributed by atoms with Crippen LogP contribution in [0, 0.1) is 4.77 Å². The number of benzene rings is 1. The van der Waals surface area contributed by atoms with Crippen molar-refractivity contribution < 1.29 is 9.90 Å². The molecule has 1 aromatic carbocycles. The molecule has 2 aromatic rings.